The van der Waals surface area contributed by atoms with Gasteiger partial charge in [0.05, 0.1) is 10.4 Å². The van der Waals surface area contributed by atoms with Crippen LogP contribution in [-0.4, -0.2) is 5.97 Å². The quantitative estimate of drug-likeness (QED) is 0.679. The topological polar surface area (TPSA) is 52.3 Å². The molecule has 0 saturated carbocycles. The van der Waals surface area contributed by atoms with E-state index in [1.54, 1.807) is 6.92 Å². The molecule has 19 heavy (non-hydrogen) atoms. The molecule has 0 atom stereocenters. The van der Waals surface area contributed by atoms with Gasteiger partial charge >= 0.3 is 5.97 Å². The van der Waals surface area contributed by atoms with Gasteiger partial charge in [0.2, 0.25) is 0 Å². The molecule has 0 saturated heterocycles. The number of ether oxygens (including phenoxy) is 1. The van der Waals surface area contributed by atoms with Crippen LogP contribution in [0.4, 0.5) is 10.1 Å². The molecule has 0 spiro atoms. The van der Waals surface area contributed by atoms with Crippen molar-refractivity contribution in [1.29, 1.82) is 0 Å². The van der Waals surface area contributed by atoms with Gasteiger partial charge in [0.1, 0.15) is 12.4 Å². The Morgan fingerprint density at radius 3 is 2.84 bits per heavy atom. The van der Waals surface area contributed by atoms with Gasteiger partial charge in [0, 0.05) is 15.7 Å². The lowest BCUT2D eigenvalue weighted by Crippen LogP contribution is -2.07. The molecule has 0 bridgehead atoms. The van der Waals surface area contributed by atoms with Crippen molar-refractivity contribution < 1.29 is 13.9 Å². The third-order valence-electron chi connectivity index (χ3n) is 2.65. The Labute approximate surface area is 122 Å². The van der Waals surface area contributed by atoms with E-state index in [0.29, 0.717) is 5.56 Å². The minimum Gasteiger partial charge on any atom is -0.456 e. The first-order valence-electron chi connectivity index (χ1n) is 5.43. The van der Waals surface area contributed by atoms with Gasteiger partial charge < -0.3 is 10.5 Å². The smallest absolute Gasteiger partial charge is 0.338 e. The molecular weight excluding hydrogens is 333 g/mol. The average molecular weight is 344 g/mol. The van der Waals surface area contributed by atoms with E-state index >= 15 is 0 Å². The second kappa shape index (κ2) is 5.71. The van der Waals surface area contributed by atoms with Crippen LogP contribution in [0, 0.1) is 12.7 Å². The fourth-order valence-electron chi connectivity index (χ4n) is 1.46. The molecule has 6 heteroatoms. The SMILES string of the molecule is Cc1c(N)cc(C(=O)OCc2sccc2Br)cc1F. The van der Waals surface area contributed by atoms with Gasteiger partial charge in [0.15, 0.2) is 0 Å². The first-order valence-corrected chi connectivity index (χ1v) is 7.11. The number of nitrogen functional groups attached to an aromatic ring is 1. The van der Waals surface area contributed by atoms with Crippen molar-refractivity contribution in [3.05, 3.63) is 49.9 Å². The van der Waals surface area contributed by atoms with Crippen molar-refractivity contribution >= 4 is 38.9 Å². The van der Waals surface area contributed by atoms with Gasteiger partial charge in [-0.05, 0) is 46.4 Å². The first-order chi connectivity index (χ1) is 8.99. The lowest BCUT2D eigenvalue weighted by atomic mass is 10.1. The number of hydrogen-bond acceptors (Lipinski definition) is 4. The maximum absolute atomic E-state index is 13.5. The summed E-state index contributed by atoms with van der Waals surface area (Å²) in [5.74, 6) is -1.10. The van der Waals surface area contributed by atoms with Crippen LogP contribution in [0.3, 0.4) is 0 Å². The molecule has 0 radical (unpaired) electrons. The molecule has 0 unspecified atom stereocenters. The van der Waals surface area contributed by atoms with Crippen molar-refractivity contribution in [2.75, 3.05) is 5.73 Å². The molecule has 2 rings (SSSR count). The van der Waals surface area contributed by atoms with E-state index in [-0.39, 0.29) is 17.9 Å². The molecule has 0 fully saturated rings. The molecular formula is C13H11BrFNO2S. The Morgan fingerprint density at radius 2 is 2.26 bits per heavy atom. The maximum Gasteiger partial charge on any atom is 0.338 e. The van der Waals surface area contributed by atoms with E-state index in [2.05, 4.69) is 15.9 Å². The van der Waals surface area contributed by atoms with Crippen LogP contribution >= 0.6 is 27.3 Å². The molecule has 1 heterocycles. The number of hydrogen-bond donors (Lipinski definition) is 1. The predicted octanol–water partition coefficient (Wildman–Crippen LogP) is 3.90. The lowest BCUT2D eigenvalue weighted by molar-refractivity contribution is 0.0475. The highest BCUT2D eigenvalue weighted by Crippen LogP contribution is 2.24. The zero-order valence-electron chi connectivity index (χ0n) is 10.1. The number of carbonyl (C=O) groups excluding carboxylic acids is 1. The highest BCUT2D eigenvalue weighted by molar-refractivity contribution is 9.10. The van der Waals surface area contributed by atoms with Gasteiger partial charge in [-0.2, -0.15) is 0 Å². The van der Waals surface area contributed by atoms with E-state index in [1.807, 2.05) is 11.4 Å². The summed E-state index contributed by atoms with van der Waals surface area (Å²) >= 11 is 4.82. The standard InChI is InChI=1S/C13H11BrFNO2S/c1-7-10(15)4-8(5-11(7)16)13(17)18-6-12-9(14)2-3-19-12/h2-5H,6,16H2,1H3. The van der Waals surface area contributed by atoms with Crippen molar-refractivity contribution in [1.82, 2.24) is 0 Å². The third-order valence-corrected chi connectivity index (χ3v) is 4.55. The van der Waals surface area contributed by atoms with E-state index in [0.717, 1.165) is 15.4 Å². The van der Waals surface area contributed by atoms with Gasteiger partial charge in [-0.3, -0.25) is 0 Å². The number of halogens is 2. The van der Waals surface area contributed by atoms with Crippen LogP contribution in [0.15, 0.2) is 28.1 Å². The number of thiophene rings is 1. The summed E-state index contributed by atoms with van der Waals surface area (Å²) in [6.07, 6.45) is 0. The maximum atomic E-state index is 13.5. The summed E-state index contributed by atoms with van der Waals surface area (Å²) in [7, 11) is 0. The Morgan fingerprint density at radius 1 is 1.53 bits per heavy atom. The monoisotopic (exact) mass is 343 g/mol. The normalized spacial score (nSPS) is 10.5. The number of carbonyl (C=O) groups is 1. The molecule has 1 aromatic heterocycles. The van der Waals surface area contributed by atoms with Crippen molar-refractivity contribution in [3.63, 3.8) is 0 Å². The van der Waals surface area contributed by atoms with Crippen LogP contribution in [0.1, 0.15) is 20.8 Å². The van der Waals surface area contributed by atoms with E-state index in [1.165, 1.54) is 17.4 Å². The predicted molar refractivity (Wildman–Crippen MR) is 76.7 cm³/mol. The number of nitrogens with two attached hydrogens (primary N) is 1. The number of rotatable bonds is 3. The van der Waals surface area contributed by atoms with Gasteiger partial charge in [-0.25, -0.2) is 9.18 Å². The highest BCUT2D eigenvalue weighted by atomic mass is 79.9. The Kier molecular flexibility index (Phi) is 4.21. The summed E-state index contributed by atoms with van der Waals surface area (Å²) in [4.78, 5) is 12.7. The number of esters is 1. The van der Waals surface area contributed by atoms with Gasteiger partial charge in [0.25, 0.3) is 0 Å². The number of benzene rings is 1. The molecule has 1 aromatic carbocycles. The fourth-order valence-corrected chi connectivity index (χ4v) is 2.84. The van der Waals surface area contributed by atoms with E-state index in [9.17, 15) is 9.18 Å². The zero-order valence-corrected chi connectivity index (χ0v) is 12.5. The van der Waals surface area contributed by atoms with Gasteiger partial charge in [-0.1, -0.05) is 0 Å². The Hall–Kier alpha value is -1.40. The summed E-state index contributed by atoms with van der Waals surface area (Å²) in [5, 5.41) is 1.89. The van der Waals surface area contributed by atoms with Crippen molar-refractivity contribution in [3.8, 4) is 0 Å². The zero-order chi connectivity index (χ0) is 14.0. The molecule has 2 N–H and O–H groups in total. The van der Waals surface area contributed by atoms with Gasteiger partial charge in [-0.15, -0.1) is 11.3 Å². The van der Waals surface area contributed by atoms with Crippen molar-refractivity contribution in [2.45, 2.75) is 13.5 Å². The molecule has 100 valence electrons. The van der Waals surface area contributed by atoms with Crippen LogP contribution in [0.25, 0.3) is 0 Å². The molecule has 3 nitrogen and oxygen atoms in total. The minimum atomic E-state index is -0.592. The lowest BCUT2D eigenvalue weighted by Gasteiger charge is -2.07. The second-order valence-electron chi connectivity index (χ2n) is 3.94. The summed E-state index contributed by atoms with van der Waals surface area (Å²) < 4.78 is 19.5. The molecule has 0 aliphatic heterocycles. The average Bonchev–Trinajstić information content (AvgIpc) is 2.78. The Bertz CT molecular complexity index is 604. The van der Waals surface area contributed by atoms with Crippen LogP contribution in [-0.2, 0) is 11.3 Å². The van der Waals surface area contributed by atoms with Crippen LogP contribution in [0.2, 0.25) is 0 Å². The van der Waals surface area contributed by atoms with Crippen molar-refractivity contribution in [2.24, 2.45) is 0 Å². The largest absolute Gasteiger partial charge is 0.456 e. The van der Waals surface area contributed by atoms with E-state index < -0.39 is 11.8 Å². The number of anilines is 1. The third kappa shape index (κ3) is 3.13. The summed E-state index contributed by atoms with van der Waals surface area (Å²) in [6.45, 7) is 1.70. The molecule has 0 aliphatic rings. The van der Waals surface area contributed by atoms with Crippen LogP contribution < -0.4 is 5.73 Å². The summed E-state index contributed by atoms with van der Waals surface area (Å²) in [6, 6.07) is 4.43. The van der Waals surface area contributed by atoms with E-state index in [4.69, 9.17) is 10.5 Å². The Balaban J connectivity index is 2.10. The summed E-state index contributed by atoms with van der Waals surface area (Å²) in [5.41, 5.74) is 6.31. The van der Waals surface area contributed by atoms with Crippen LogP contribution in [0.5, 0.6) is 0 Å². The molecule has 2 aromatic rings. The highest BCUT2D eigenvalue weighted by Gasteiger charge is 2.13. The fraction of sp³-hybridized carbons (Fsp3) is 0.154. The second-order valence-corrected chi connectivity index (χ2v) is 5.80. The minimum absolute atomic E-state index is 0.119. The molecule has 0 aliphatic carbocycles. The molecule has 0 amide bonds. The first kappa shape index (κ1) is 14.0.